The van der Waals surface area contributed by atoms with Gasteiger partial charge in [0, 0.05) is 17.1 Å². The predicted octanol–water partition coefficient (Wildman–Crippen LogP) is 3.12. The zero-order valence-electron chi connectivity index (χ0n) is 13.2. The Morgan fingerprint density at radius 2 is 1.91 bits per heavy atom. The molecular weight excluding hydrogens is 362 g/mol. The zero-order chi connectivity index (χ0) is 17.2. The van der Waals surface area contributed by atoms with Gasteiger partial charge in [0.05, 0.1) is 12.8 Å². The highest BCUT2D eigenvalue weighted by Gasteiger charge is 2.51. The van der Waals surface area contributed by atoms with Crippen molar-refractivity contribution in [1.82, 2.24) is 0 Å². The summed E-state index contributed by atoms with van der Waals surface area (Å²) in [5.74, 6) is -3.23. The molecule has 0 aliphatic heterocycles. The number of carbonyl (C=O) groups excluding carboxylic acids is 3. The summed E-state index contributed by atoms with van der Waals surface area (Å²) in [7, 11) is 1.24. The average Bonchev–Trinajstić information content (AvgIpc) is 2.47. The highest BCUT2D eigenvalue weighted by atomic mass is 79.9. The number of halogens is 1. The van der Waals surface area contributed by atoms with Gasteiger partial charge in [0.2, 0.25) is 0 Å². The number of nitrogens with zero attached hydrogens (tertiary/aromatic N) is 1. The Morgan fingerprint density at radius 1 is 1.30 bits per heavy atom. The Kier molecular flexibility index (Phi) is 5.14. The fraction of sp³-hybridized carbons (Fsp3) is 0.412. The first-order chi connectivity index (χ1) is 10.8. The lowest BCUT2D eigenvalue weighted by atomic mass is 9.64. The summed E-state index contributed by atoms with van der Waals surface area (Å²) in [5.41, 5.74) is -0.114. The van der Waals surface area contributed by atoms with Crippen LogP contribution >= 0.6 is 15.9 Å². The van der Waals surface area contributed by atoms with E-state index in [2.05, 4.69) is 20.9 Å². The number of carbonyl (C=O) groups is 3. The molecule has 1 aliphatic carbocycles. The molecule has 122 valence electrons. The molecule has 1 aromatic carbocycles. The van der Waals surface area contributed by atoms with E-state index in [1.165, 1.54) is 13.3 Å². The number of aliphatic imine (C=N–C) groups is 1. The first kappa shape index (κ1) is 17.5. The van der Waals surface area contributed by atoms with E-state index in [0.717, 1.165) is 4.47 Å². The van der Waals surface area contributed by atoms with Crippen LogP contribution in [0.1, 0.15) is 20.3 Å². The molecule has 0 spiro atoms. The molecule has 1 aliphatic rings. The van der Waals surface area contributed by atoms with Crippen molar-refractivity contribution >= 4 is 45.4 Å². The molecule has 0 saturated heterocycles. The number of rotatable bonds is 3. The quantitative estimate of drug-likeness (QED) is 0.459. The van der Waals surface area contributed by atoms with Crippen LogP contribution in [0.25, 0.3) is 0 Å². The number of ether oxygens (including phenoxy) is 1. The minimum absolute atomic E-state index is 0.134. The van der Waals surface area contributed by atoms with Gasteiger partial charge in [-0.1, -0.05) is 29.8 Å². The van der Waals surface area contributed by atoms with Gasteiger partial charge in [-0.05, 0) is 29.7 Å². The zero-order valence-corrected chi connectivity index (χ0v) is 14.8. The summed E-state index contributed by atoms with van der Waals surface area (Å²) < 4.78 is 5.65. The van der Waals surface area contributed by atoms with Gasteiger partial charge in [-0.25, -0.2) is 0 Å². The summed E-state index contributed by atoms with van der Waals surface area (Å²) in [4.78, 5) is 41.0. The number of Topliss-reactive ketones (excluding diaryl/α,β-unsaturated/α-hetero) is 2. The predicted molar refractivity (Wildman–Crippen MR) is 89.7 cm³/mol. The summed E-state index contributed by atoms with van der Waals surface area (Å²) in [5, 5.41) is 0. The van der Waals surface area contributed by atoms with Crippen molar-refractivity contribution in [3.63, 3.8) is 0 Å². The maximum Gasteiger partial charge on any atom is 0.316 e. The largest absolute Gasteiger partial charge is 0.468 e. The summed E-state index contributed by atoms with van der Waals surface area (Å²) in [6.07, 6.45) is 1.47. The van der Waals surface area contributed by atoms with E-state index in [-0.39, 0.29) is 12.2 Å². The fourth-order valence-corrected chi connectivity index (χ4v) is 3.05. The molecule has 2 unspecified atom stereocenters. The van der Waals surface area contributed by atoms with Gasteiger partial charge in [0.25, 0.3) is 0 Å². The van der Waals surface area contributed by atoms with E-state index in [1.54, 1.807) is 26.0 Å². The van der Waals surface area contributed by atoms with Crippen LogP contribution in [-0.4, -0.2) is 30.9 Å². The van der Waals surface area contributed by atoms with Crippen molar-refractivity contribution in [1.29, 1.82) is 0 Å². The van der Waals surface area contributed by atoms with E-state index >= 15 is 0 Å². The van der Waals surface area contributed by atoms with Gasteiger partial charge in [-0.15, -0.1) is 0 Å². The van der Waals surface area contributed by atoms with Gasteiger partial charge in [-0.3, -0.25) is 19.4 Å². The molecule has 23 heavy (non-hydrogen) atoms. The molecule has 5 nitrogen and oxygen atoms in total. The van der Waals surface area contributed by atoms with Crippen LogP contribution < -0.4 is 0 Å². The lowest BCUT2D eigenvalue weighted by Gasteiger charge is -2.36. The molecular formula is C17H18BrNO4. The van der Waals surface area contributed by atoms with Gasteiger partial charge in [0.1, 0.15) is 17.6 Å². The second-order valence-electron chi connectivity index (χ2n) is 6.22. The van der Waals surface area contributed by atoms with E-state index < -0.39 is 29.0 Å². The molecule has 1 saturated carbocycles. The number of esters is 1. The third-order valence-electron chi connectivity index (χ3n) is 3.99. The van der Waals surface area contributed by atoms with Crippen molar-refractivity contribution in [3.8, 4) is 0 Å². The molecule has 0 bridgehead atoms. The number of hydrogen-bond acceptors (Lipinski definition) is 5. The summed E-state index contributed by atoms with van der Waals surface area (Å²) in [6, 6.07) is 7.16. The van der Waals surface area contributed by atoms with Crippen LogP contribution in [0.2, 0.25) is 0 Å². The van der Waals surface area contributed by atoms with E-state index in [4.69, 9.17) is 4.74 Å². The molecule has 0 amide bonds. The van der Waals surface area contributed by atoms with E-state index in [1.807, 2.05) is 12.1 Å². The third-order valence-corrected chi connectivity index (χ3v) is 4.51. The van der Waals surface area contributed by atoms with Gasteiger partial charge in [0.15, 0.2) is 5.78 Å². The molecule has 2 atom stereocenters. The Hall–Kier alpha value is -1.82. The van der Waals surface area contributed by atoms with Crippen molar-refractivity contribution < 1.29 is 19.1 Å². The first-order valence-corrected chi connectivity index (χ1v) is 7.99. The molecule has 0 radical (unpaired) electrons. The monoisotopic (exact) mass is 379 g/mol. The van der Waals surface area contributed by atoms with Crippen molar-refractivity contribution in [2.75, 3.05) is 7.11 Å². The Morgan fingerprint density at radius 3 is 2.48 bits per heavy atom. The molecule has 1 fully saturated rings. The van der Waals surface area contributed by atoms with Crippen LogP contribution in [0.5, 0.6) is 0 Å². The number of ketones is 2. The van der Waals surface area contributed by atoms with Crippen molar-refractivity contribution in [3.05, 3.63) is 28.7 Å². The van der Waals surface area contributed by atoms with Crippen LogP contribution in [0, 0.1) is 17.3 Å². The van der Waals surface area contributed by atoms with Gasteiger partial charge in [-0.2, -0.15) is 0 Å². The molecule has 6 heteroatoms. The van der Waals surface area contributed by atoms with Gasteiger partial charge >= 0.3 is 5.97 Å². The standard InChI is InChI=1S/C17H18BrNO4/c1-17(2)8-13(20)12(15(21)14(17)16(22)23-3)9-19-11-6-4-10(18)5-7-11/h4-7,9,12,14H,8H2,1-3H3. The Bertz CT molecular complexity index is 664. The van der Waals surface area contributed by atoms with Crippen LogP contribution in [-0.2, 0) is 19.1 Å². The lowest BCUT2D eigenvalue weighted by molar-refractivity contribution is -0.159. The fourth-order valence-electron chi connectivity index (χ4n) is 2.78. The lowest BCUT2D eigenvalue weighted by Crippen LogP contribution is -2.50. The van der Waals surface area contributed by atoms with E-state index in [0.29, 0.717) is 5.69 Å². The second kappa shape index (κ2) is 6.74. The summed E-state index contributed by atoms with van der Waals surface area (Å²) in [6.45, 7) is 3.46. The maximum absolute atomic E-state index is 12.6. The normalized spacial score (nSPS) is 24.0. The topological polar surface area (TPSA) is 72.8 Å². The van der Waals surface area contributed by atoms with E-state index in [9.17, 15) is 14.4 Å². The van der Waals surface area contributed by atoms with Crippen LogP contribution in [0.15, 0.2) is 33.7 Å². The first-order valence-electron chi connectivity index (χ1n) is 7.20. The number of methoxy groups -OCH3 is 1. The third kappa shape index (κ3) is 3.75. The summed E-state index contributed by atoms with van der Waals surface area (Å²) >= 11 is 3.32. The Balaban J connectivity index is 2.27. The molecule has 0 heterocycles. The molecule has 2 rings (SSSR count). The SMILES string of the molecule is COC(=O)C1C(=O)C(C=Nc2ccc(Br)cc2)C(=O)CC1(C)C. The van der Waals surface area contributed by atoms with Crippen LogP contribution in [0.3, 0.4) is 0 Å². The number of benzene rings is 1. The molecule has 1 aromatic rings. The number of hydrogen-bond donors (Lipinski definition) is 0. The maximum atomic E-state index is 12.6. The van der Waals surface area contributed by atoms with Crippen LogP contribution in [0.4, 0.5) is 5.69 Å². The Labute approximate surface area is 143 Å². The minimum Gasteiger partial charge on any atom is -0.468 e. The average molecular weight is 380 g/mol. The second-order valence-corrected chi connectivity index (χ2v) is 7.14. The minimum atomic E-state index is -1.00. The molecule has 0 N–H and O–H groups in total. The van der Waals surface area contributed by atoms with Gasteiger partial charge < -0.3 is 4.74 Å². The molecule has 0 aromatic heterocycles. The smallest absolute Gasteiger partial charge is 0.316 e. The highest BCUT2D eigenvalue weighted by molar-refractivity contribution is 9.10. The van der Waals surface area contributed by atoms with Crippen molar-refractivity contribution in [2.45, 2.75) is 20.3 Å². The highest BCUT2D eigenvalue weighted by Crippen LogP contribution is 2.39. The van der Waals surface area contributed by atoms with Crippen molar-refractivity contribution in [2.24, 2.45) is 22.2 Å².